The van der Waals surface area contributed by atoms with Crippen LogP contribution in [0.4, 0.5) is 11.4 Å². The number of anilines is 2. The summed E-state index contributed by atoms with van der Waals surface area (Å²) in [5.74, 6) is 0.247. The number of morpholine rings is 1. The van der Waals surface area contributed by atoms with E-state index in [-0.39, 0.29) is 5.91 Å². The molecule has 3 rings (SSSR count). The number of carbonyl (C=O) groups is 1. The quantitative estimate of drug-likeness (QED) is 0.685. The third-order valence-corrected chi connectivity index (χ3v) is 5.79. The van der Waals surface area contributed by atoms with E-state index < -0.39 is 0 Å². The number of nitrogens with zero attached hydrogens (tertiary/aromatic N) is 1. The number of thioether (sulfide) groups is 1. The van der Waals surface area contributed by atoms with Crippen LogP contribution >= 0.6 is 39.3 Å². The Kier molecular flexibility index (Phi) is 6.64. The van der Waals surface area contributed by atoms with Crippen molar-refractivity contribution < 1.29 is 9.53 Å². The maximum Gasteiger partial charge on any atom is 0.234 e. The van der Waals surface area contributed by atoms with Crippen molar-refractivity contribution in [3.63, 3.8) is 0 Å². The van der Waals surface area contributed by atoms with Gasteiger partial charge in [-0.15, -0.1) is 11.8 Å². The van der Waals surface area contributed by atoms with E-state index in [9.17, 15) is 4.79 Å². The molecule has 0 aliphatic carbocycles. The standard InChI is InChI=1S/C18H18BrClN2O2S/c19-13-5-6-16(22-7-9-24-10-8-22)15(11-13)21-18(23)12-25-17-4-2-1-3-14(17)20/h1-6,11H,7-10,12H2,(H,21,23). The first-order valence-electron chi connectivity index (χ1n) is 7.93. The van der Waals surface area contributed by atoms with E-state index in [1.807, 2.05) is 42.5 Å². The summed E-state index contributed by atoms with van der Waals surface area (Å²) in [6.45, 7) is 3.04. The molecule has 0 saturated carbocycles. The van der Waals surface area contributed by atoms with Crippen molar-refractivity contribution in [2.75, 3.05) is 42.3 Å². The second-order valence-electron chi connectivity index (χ2n) is 5.53. The molecule has 25 heavy (non-hydrogen) atoms. The number of halogens is 2. The van der Waals surface area contributed by atoms with Crippen LogP contribution in [0.2, 0.25) is 5.02 Å². The number of benzene rings is 2. The van der Waals surface area contributed by atoms with Crippen LogP contribution in [0.25, 0.3) is 0 Å². The molecule has 0 bridgehead atoms. The highest BCUT2D eigenvalue weighted by molar-refractivity contribution is 9.10. The van der Waals surface area contributed by atoms with Crippen LogP contribution in [0.1, 0.15) is 0 Å². The smallest absolute Gasteiger partial charge is 0.234 e. The summed E-state index contributed by atoms with van der Waals surface area (Å²) in [6, 6.07) is 13.5. The Morgan fingerprint density at radius 3 is 2.76 bits per heavy atom. The molecule has 1 amide bonds. The lowest BCUT2D eigenvalue weighted by Gasteiger charge is -2.30. The third kappa shape index (κ3) is 5.14. The fourth-order valence-corrected chi connectivity index (χ4v) is 3.98. The Hall–Kier alpha value is -1.21. The van der Waals surface area contributed by atoms with E-state index in [1.165, 1.54) is 11.8 Å². The normalized spacial score (nSPS) is 14.4. The van der Waals surface area contributed by atoms with Crippen LogP contribution < -0.4 is 10.2 Å². The first-order valence-corrected chi connectivity index (χ1v) is 10.1. The number of rotatable bonds is 5. The van der Waals surface area contributed by atoms with Gasteiger partial charge in [-0.05, 0) is 30.3 Å². The van der Waals surface area contributed by atoms with Gasteiger partial charge in [-0.25, -0.2) is 0 Å². The SMILES string of the molecule is O=C(CSc1ccccc1Cl)Nc1cc(Br)ccc1N1CCOCC1. The molecule has 0 atom stereocenters. The second-order valence-corrected chi connectivity index (χ2v) is 7.87. The van der Waals surface area contributed by atoms with Gasteiger partial charge in [-0.3, -0.25) is 4.79 Å². The fourth-order valence-electron chi connectivity index (χ4n) is 2.58. The van der Waals surface area contributed by atoms with Gasteiger partial charge in [-0.1, -0.05) is 39.7 Å². The molecule has 1 N–H and O–H groups in total. The van der Waals surface area contributed by atoms with Gasteiger partial charge in [0.25, 0.3) is 0 Å². The molecule has 1 heterocycles. The summed E-state index contributed by atoms with van der Waals surface area (Å²) >= 11 is 11.0. The number of carbonyl (C=O) groups excluding carboxylic acids is 1. The lowest BCUT2D eigenvalue weighted by Crippen LogP contribution is -2.36. The predicted molar refractivity (Wildman–Crippen MR) is 108 cm³/mol. The maximum atomic E-state index is 12.4. The van der Waals surface area contributed by atoms with Crippen molar-refractivity contribution in [1.29, 1.82) is 0 Å². The van der Waals surface area contributed by atoms with Gasteiger partial charge in [-0.2, -0.15) is 0 Å². The van der Waals surface area contributed by atoms with Crippen molar-refractivity contribution in [1.82, 2.24) is 0 Å². The molecule has 132 valence electrons. The molecule has 0 spiro atoms. The number of hydrogen-bond donors (Lipinski definition) is 1. The van der Waals surface area contributed by atoms with Crippen LogP contribution in [0, 0.1) is 0 Å². The van der Waals surface area contributed by atoms with E-state index in [1.54, 1.807) is 0 Å². The van der Waals surface area contributed by atoms with Crippen LogP contribution in [0.15, 0.2) is 51.8 Å². The summed E-state index contributed by atoms with van der Waals surface area (Å²) in [4.78, 5) is 15.5. The van der Waals surface area contributed by atoms with E-state index in [0.29, 0.717) is 24.0 Å². The first kappa shape index (κ1) is 18.6. The van der Waals surface area contributed by atoms with Crippen LogP contribution in [0.5, 0.6) is 0 Å². The average molecular weight is 442 g/mol. The zero-order valence-corrected chi connectivity index (χ0v) is 16.7. The summed E-state index contributed by atoms with van der Waals surface area (Å²) in [5, 5.41) is 3.69. The average Bonchev–Trinajstić information content (AvgIpc) is 2.62. The topological polar surface area (TPSA) is 41.6 Å². The highest BCUT2D eigenvalue weighted by atomic mass is 79.9. The minimum Gasteiger partial charge on any atom is -0.378 e. The monoisotopic (exact) mass is 440 g/mol. The largest absolute Gasteiger partial charge is 0.378 e. The van der Waals surface area contributed by atoms with Crippen molar-refractivity contribution >= 4 is 56.6 Å². The maximum absolute atomic E-state index is 12.4. The van der Waals surface area contributed by atoms with Crippen LogP contribution in [0.3, 0.4) is 0 Å². The van der Waals surface area contributed by atoms with Crippen molar-refractivity contribution in [2.24, 2.45) is 0 Å². The van der Waals surface area contributed by atoms with Gasteiger partial charge in [0, 0.05) is 22.5 Å². The predicted octanol–water partition coefficient (Wildman–Crippen LogP) is 4.67. The van der Waals surface area contributed by atoms with E-state index in [4.69, 9.17) is 16.3 Å². The highest BCUT2D eigenvalue weighted by Crippen LogP contribution is 2.31. The lowest BCUT2D eigenvalue weighted by molar-refractivity contribution is -0.113. The minimum absolute atomic E-state index is 0.0578. The highest BCUT2D eigenvalue weighted by Gasteiger charge is 2.16. The third-order valence-electron chi connectivity index (χ3n) is 3.78. The van der Waals surface area contributed by atoms with Gasteiger partial charge in [0.1, 0.15) is 0 Å². The molecule has 1 fully saturated rings. The molecule has 0 radical (unpaired) electrons. The molecule has 1 aliphatic rings. The summed E-state index contributed by atoms with van der Waals surface area (Å²) < 4.78 is 6.34. The van der Waals surface area contributed by atoms with E-state index >= 15 is 0 Å². The molecular formula is C18H18BrClN2O2S. The van der Waals surface area contributed by atoms with Gasteiger partial charge >= 0.3 is 0 Å². The van der Waals surface area contributed by atoms with E-state index in [2.05, 4.69) is 26.1 Å². The molecule has 7 heteroatoms. The molecule has 1 saturated heterocycles. The minimum atomic E-state index is -0.0578. The van der Waals surface area contributed by atoms with Crippen LogP contribution in [-0.2, 0) is 9.53 Å². The van der Waals surface area contributed by atoms with E-state index in [0.717, 1.165) is 33.8 Å². The first-order chi connectivity index (χ1) is 12.1. The Morgan fingerprint density at radius 2 is 2.00 bits per heavy atom. The zero-order chi connectivity index (χ0) is 17.6. The van der Waals surface area contributed by atoms with Crippen molar-refractivity contribution in [3.8, 4) is 0 Å². The second kappa shape index (κ2) is 8.94. The molecule has 0 unspecified atom stereocenters. The molecule has 4 nitrogen and oxygen atoms in total. The Morgan fingerprint density at radius 1 is 1.24 bits per heavy atom. The number of hydrogen-bond acceptors (Lipinski definition) is 4. The summed E-state index contributed by atoms with van der Waals surface area (Å²) in [7, 11) is 0. The molecular weight excluding hydrogens is 424 g/mol. The van der Waals surface area contributed by atoms with Crippen molar-refractivity contribution in [2.45, 2.75) is 4.90 Å². The molecule has 2 aromatic rings. The summed E-state index contributed by atoms with van der Waals surface area (Å²) in [6.07, 6.45) is 0. The van der Waals surface area contributed by atoms with Gasteiger partial charge in [0.15, 0.2) is 0 Å². The lowest BCUT2D eigenvalue weighted by atomic mass is 10.2. The number of ether oxygens (including phenoxy) is 1. The Bertz CT molecular complexity index is 754. The van der Waals surface area contributed by atoms with Gasteiger partial charge < -0.3 is 15.0 Å². The van der Waals surface area contributed by atoms with Crippen LogP contribution in [-0.4, -0.2) is 38.0 Å². The Balaban J connectivity index is 1.68. The fraction of sp³-hybridized carbons (Fsp3) is 0.278. The van der Waals surface area contributed by atoms with Crippen molar-refractivity contribution in [3.05, 3.63) is 52.0 Å². The molecule has 0 aromatic heterocycles. The Labute approximate surface area is 165 Å². The summed E-state index contributed by atoms with van der Waals surface area (Å²) in [5.41, 5.74) is 1.82. The molecule has 1 aliphatic heterocycles. The number of amides is 1. The zero-order valence-electron chi connectivity index (χ0n) is 13.5. The van der Waals surface area contributed by atoms with Gasteiger partial charge in [0.2, 0.25) is 5.91 Å². The van der Waals surface area contributed by atoms with Gasteiger partial charge in [0.05, 0.1) is 35.4 Å². The number of nitrogens with one attached hydrogen (secondary N) is 1. The molecule has 2 aromatic carbocycles.